The van der Waals surface area contributed by atoms with Gasteiger partial charge < -0.3 is 23.8 Å². The Bertz CT molecular complexity index is 832. The highest BCUT2D eigenvalue weighted by Crippen LogP contribution is 2.32. The molecule has 3 rings (SSSR count). The zero-order chi connectivity index (χ0) is 25.1. The van der Waals surface area contributed by atoms with Crippen molar-refractivity contribution in [3.8, 4) is 0 Å². The zero-order valence-electron chi connectivity index (χ0n) is 21.5. The van der Waals surface area contributed by atoms with E-state index in [0.717, 1.165) is 0 Å². The van der Waals surface area contributed by atoms with Crippen molar-refractivity contribution in [1.29, 1.82) is 0 Å². The molecule has 0 radical (unpaired) electrons. The van der Waals surface area contributed by atoms with Gasteiger partial charge in [0.25, 0.3) is 0 Å². The first-order valence-electron chi connectivity index (χ1n) is 12.4. The monoisotopic (exact) mass is 484 g/mol. The number of ether oxygens (including phenoxy) is 4. The Morgan fingerprint density at radius 3 is 2.03 bits per heavy atom. The van der Waals surface area contributed by atoms with Crippen molar-refractivity contribution >= 4 is 6.09 Å². The van der Waals surface area contributed by atoms with Crippen LogP contribution < -0.4 is 0 Å². The molecular weight excluding hydrogens is 444 g/mol. The molecule has 2 aromatic rings. The van der Waals surface area contributed by atoms with Gasteiger partial charge in [-0.15, -0.1) is 0 Å². The molecule has 2 aromatic carbocycles. The molecule has 1 heterocycles. The number of carbonyl (C=O) groups excluding carboxylic acids is 1. The molecule has 0 N–H and O–H groups in total. The number of carbonyl (C=O) groups is 1. The van der Waals surface area contributed by atoms with E-state index in [-0.39, 0.29) is 18.2 Å². The van der Waals surface area contributed by atoms with Crippen molar-refractivity contribution in [2.45, 2.75) is 38.5 Å². The lowest BCUT2D eigenvalue weighted by Crippen LogP contribution is -2.58. The summed E-state index contributed by atoms with van der Waals surface area (Å²) in [4.78, 5) is 17.1. The Morgan fingerprint density at radius 2 is 1.46 bits per heavy atom. The fraction of sp³-hybridized carbons (Fsp3) is 0.536. The Morgan fingerprint density at radius 1 is 0.886 bits per heavy atom. The average molecular weight is 485 g/mol. The average Bonchev–Trinajstić information content (AvgIpc) is 2.84. The van der Waals surface area contributed by atoms with Gasteiger partial charge in [-0.25, -0.2) is 4.79 Å². The molecule has 1 atom stereocenters. The Labute approximate surface area is 209 Å². The van der Waals surface area contributed by atoms with E-state index in [9.17, 15) is 4.79 Å². The summed E-state index contributed by atoms with van der Waals surface area (Å²) in [5, 5.41) is 0. The lowest BCUT2D eigenvalue weighted by atomic mass is 9.94. The van der Waals surface area contributed by atoms with Crippen molar-refractivity contribution in [2.24, 2.45) is 0 Å². The molecule has 0 aromatic heterocycles. The van der Waals surface area contributed by atoms with Crippen molar-refractivity contribution in [3.05, 3.63) is 71.8 Å². The maximum Gasteiger partial charge on any atom is 0.410 e. The van der Waals surface area contributed by atoms with Crippen molar-refractivity contribution in [3.63, 3.8) is 0 Å². The van der Waals surface area contributed by atoms with Crippen LogP contribution in [0.25, 0.3) is 0 Å². The van der Waals surface area contributed by atoms with Crippen LogP contribution in [0, 0.1) is 0 Å². The van der Waals surface area contributed by atoms with E-state index in [2.05, 4.69) is 53.4 Å². The van der Waals surface area contributed by atoms with E-state index in [1.54, 1.807) is 12.0 Å². The number of nitrogens with zero attached hydrogens (tertiary/aromatic N) is 2. The van der Waals surface area contributed by atoms with E-state index in [4.69, 9.17) is 18.9 Å². The third-order valence-corrected chi connectivity index (χ3v) is 5.86. The first kappa shape index (κ1) is 27.1. The molecule has 0 unspecified atom stereocenters. The van der Waals surface area contributed by atoms with E-state index >= 15 is 0 Å². The molecule has 1 aliphatic heterocycles. The van der Waals surface area contributed by atoms with Crippen LogP contribution in [0.3, 0.4) is 0 Å². The standard InChI is InChI=1S/C28H40N2O5/c1-28(2,3)35-27(31)29-15-16-30(25(21-29)22-34-20-19-33-18-17-32-4)26(23-11-7-5-8-12-23)24-13-9-6-10-14-24/h5-14,25-26H,15-22H2,1-4H3/t25-/m0/s1. The van der Waals surface area contributed by atoms with Gasteiger partial charge in [0.05, 0.1) is 45.1 Å². The number of amides is 1. The molecule has 1 saturated heterocycles. The molecule has 0 aliphatic carbocycles. The topological polar surface area (TPSA) is 60.5 Å². The van der Waals surface area contributed by atoms with Crippen LogP contribution in [0.1, 0.15) is 37.9 Å². The SMILES string of the molecule is COCCOCCOC[C@@H]1CN(C(=O)OC(C)(C)C)CCN1C(c1ccccc1)c1ccccc1. The molecule has 7 nitrogen and oxygen atoms in total. The summed E-state index contributed by atoms with van der Waals surface area (Å²) in [6.45, 7) is 10.1. The predicted octanol–water partition coefficient (Wildman–Crippen LogP) is 4.38. The summed E-state index contributed by atoms with van der Waals surface area (Å²) in [5.74, 6) is 0. The second-order valence-electron chi connectivity index (χ2n) is 9.72. The highest BCUT2D eigenvalue weighted by molar-refractivity contribution is 5.68. The first-order chi connectivity index (χ1) is 16.9. The van der Waals surface area contributed by atoms with Crippen molar-refractivity contribution in [2.75, 3.05) is 59.8 Å². The Hall–Kier alpha value is -2.45. The van der Waals surface area contributed by atoms with Gasteiger partial charge >= 0.3 is 6.09 Å². The normalized spacial score (nSPS) is 17.1. The summed E-state index contributed by atoms with van der Waals surface area (Å²) in [6, 6.07) is 21.1. The summed E-state index contributed by atoms with van der Waals surface area (Å²) in [5.41, 5.74) is 1.91. The fourth-order valence-corrected chi connectivity index (χ4v) is 4.28. The van der Waals surface area contributed by atoms with Crippen LogP contribution >= 0.6 is 0 Å². The highest BCUT2D eigenvalue weighted by atomic mass is 16.6. The Kier molecular flexibility index (Phi) is 10.5. The number of piperazine rings is 1. The smallest absolute Gasteiger partial charge is 0.410 e. The Balaban J connectivity index is 1.77. The van der Waals surface area contributed by atoms with Crippen LogP contribution in [0.2, 0.25) is 0 Å². The second kappa shape index (κ2) is 13.6. The van der Waals surface area contributed by atoms with Crippen LogP contribution in [-0.4, -0.2) is 87.3 Å². The molecule has 0 saturated carbocycles. The third-order valence-electron chi connectivity index (χ3n) is 5.86. The van der Waals surface area contributed by atoms with Crippen LogP contribution in [0.15, 0.2) is 60.7 Å². The van der Waals surface area contributed by atoms with Gasteiger partial charge in [0.2, 0.25) is 0 Å². The highest BCUT2D eigenvalue weighted by Gasteiger charge is 2.36. The number of methoxy groups -OCH3 is 1. The van der Waals surface area contributed by atoms with Gasteiger partial charge in [-0.1, -0.05) is 60.7 Å². The van der Waals surface area contributed by atoms with E-state index < -0.39 is 5.60 Å². The van der Waals surface area contributed by atoms with E-state index in [1.807, 2.05) is 32.9 Å². The number of hydrogen-bond donors (Lipinski definition) is 0. The fourth-order valence-electron chi connectivity index (χ4n) is 4.28. The van der Waals surface area contributed by atoms with Gasteiger partial charge in [0, 0.05) is 26.7 Å². The first-order valence-corrected chi connectivity index (χ1v) is 12.4. The minimum Gasteiger partial charge on any atom is -0.444 e. The van der Waals surface area contributed by atoms with Gasteiger partial charge in [-0.3, -0.25) is 4.90 Å². The molecule has 192 valence electrons. The molecule has 1 amide bonds. The van der Waals surface area contributed by atoms with Crippen molar-refractivity contribution in [1.82, 2.24) is 9.80 Å². The minimum atomic E-state index is -0.531. The van der Waals surface area contributed by atoms with E-state index in [1.165, 1.54) is 11.1 Å². The molecule has 0 bridgehead atoms. The van der Waals surface area contributed by atoms with Gasteiger partial charge in [-0.05, 0) is 31.9 Å². The summed E-state index contributed by atoms with van der Waals surface area (Å²) in [7, 11) is 1.66. The van der Waals surface area contributed by atoms with E-state index in [0.29, 0.717) is 52.7 Å². The van der Waals surface area contributed by atoms with Crippen LogP contribution in [0.4, 0.5) is 4.79 Å². The maximum atomic E-state index is 12.9. The summed E-state index contributed by atoms with van der Waals surface area (Å²) in [6.07, 6.45) is -0.277. The molecule has 35 heavy (non-hydrogen) atoms. The molecule has 0 spiro atoms. The van der Waals surface area contributed by atoms with Crippen LogP contribution in [0.5, 0.6) is 0 Å². The molecule has 7 heteroatoms. The zero-order valence-corrected chi connectivity index (χ0v) is 21.5. The largest absolute Gasteiger partial charge is 0.444 e. The van der Waals surface area contributed by atoms with Gasteiger partial charge in [0.1, 0.15) is 5.60 Å². The van der Waals surface area contributed by atoms with Crippen LogP contribution in [-0.2, 0) is 18.9 Å². The molecule has 1 fully saturated rings. The molecule has 1 aliphatic rings. The van der Waals surface area contributed by atoms with Gasteiger partial charge in [0.15, 0.2) is 0 Å². The van der Waals surface area contributed by atoms with Crippen molar-refractivity contribution < 1.29 is 23.7 Å². The quantitative estimate of drug-likeness (QED) is 0.441. The third kappa shape index (κ3) is 8.61. The maximum absolute atomic E-state index is 12.9. The minimum absolute atomic E-state index is 0.000607. The lowest BCUT2D eigenvalue weighted by molar-refractivity contribution is -0.0333. The number of rotatable bonds is 11. The second-order valence-corrected chi connectivity index (χ2v) is 9.72. The number of benzene rings is 2. The summed E-state index contributed by atoms with van der Waals surface area (Å²) < 4.78 is 22.3. The van der Waals surface area contributed by atoms with Gasteiger partial charge in [-0.2, -0.15) is 0 Å². The predicted molar refractivity (Wildman–Crippen MR) is 137 cm³/mol. The molecular formula is C28H40N2O5. The number of hydrogen-bond acceptors (Lipinski definition) is 6. The lowest BCUT2D eigenvalue weighted by Gasteiger charge is -2.45. The summed E-state index contributed by atoms with van der Waals surface area (Å²) >= 11 is 0.